The Morgan fingerprint density at radius 1 is 1.67 bits per heavy atom. The smallest absolute Gasteiger partial charge is 0.180 e. The molecule has 12 heavy (non-hydrogen) atoms. The van der Waals surface area contributed by atoms with Gasteiger partial charge in [0.25, 0.3) is 0 Å². The molecule has 1 unspecified atom stereocenters. The first-order valence-electron chi connectivity index (χ1n) is 4.18. The molecule has 1 fully saturated rings. The van der Waals surface area contributed by atoms with Crippen molar-refractivity contribution in [2.45, 2.75) is 18.9 Å². The number of rotatable bonds is 2. The highest BCUT2D eigenvalue weighted by Gasteiger charge is 2.22. The van der Waals surface area contributed by atoms with Gasteiger partial charge >= 0.3 is 0 Å². The van der Waals surface area contributed by atoms with Gasteiger partial charge < -0.3 is 5.32 Å². The van der Waals surface area contributed by atoms with Crippen LogP contribution in [0, 0.1) is 0 Å². The first-order chi connectivity index (χ1) is 5.88. The minimum Gasteiger partial charge on any atom is -0.307 e. The van der Waals surface area contributed by atoms with E-state index in [0.717, 1.165) is 24.9 Å². The Morgan fingerprint density at radius 2 is 2.58 bits per heavy atom. The summed E-state index contributed by atoms with van der Waals surface area (Å²) in [6.07, 6.45) is 2.12. The third-order valence-corrected chi connectivity index (χ3v) is 2.87. The van der Waals surface area contributed by atoms with Crippen molar-refractivity contribution in [3.05, 3.63) is 22.4 Å². The van der Waals surface area contributed by atoms with Crippen LogP contribution in [0.1, 0.15) is 23.2 Å². The molecule has 2 nitrogen and oxygen atoms in total. The van der Waals surface area contributed by atoms with Crippen molar-refractivity contribution >= 4 is 17.1 Å². The minimum absolute atomic E-state index is 0.0830. The van der Waals surface area contributed by atoms with Crippen LogP contribution >= 0.6 is 11.3 Å². The van der Waals surface area contributed by atoms with Crippen molar-refractivity contribution in [2.24, 2.45) is 0 Å². The summed E-state index contributed by atoms with van der Waals surface area (Å²) in [6.45, 7) is 0.987. The maximum Gasteiger partial charge on any atom is 0.180 e. The number of hydrogen-bond donors (Lipinski definition) is 1. The highest BCUT2D eigenvalue weighted by Crippen LogP contribution is 2.14. The molecule has 2 heterocycles. The average molecular weight is 181 g/mol. The summed E-state index contributed by atoms with van der Waals surface area (Å²) in [4.78, 5) is 11.7. The number of Topliss-reactive ketones (excluding diaryl/α,β-unsaturated/α-hetero) is 1. The Bertz CT molecular complexity index is 262. The topological polar surface area (TPSA) is 29.1 Å². The van der Waals surface area contributed by atoms with Gasteiger partial charge in [-0.15, -0.1) is 0 Å². The van der Waals surface area contributed by atoms with E-state index in [4.69, 9.17) is 0 Å². The summed E-state index contributed by atoms with van der Waals surface area (Å²) < 4.78 is 0. The van der Waals surface area contributed by atoms with E-state index in [2.05, 4.69) is 5.32 Å². The van der Waals surface area contributed by atoms with Crippen molar-refractivity contribution in [1.29, 1.82) is 0 Å². The lowest BCUT2D eigenvalue weighted by Crippen LogP contribution is -2.30. The Labute approximate surface area is 75.6 Å². The number of thiophene rings is 1. The highest BCUT2D eigenvalue weighted by atomic mass is 32.1. The monoisotopic (exact) mass is 181 g/mol. The molecule has 0 bridgehead atoms. The number of carbonyl (C=O) groups is 1. The van der Waals surface area contributed by atoms with E-state index in [9.17, 15) is 4.79 Å². The third kappa shape index (κ3) is 1.42. The lowest BCUT2D eigenvalue weighted by Gasteiger charge is -2.05. The molecule has 1 aliphatic heterocycles. The van der Waals surface area contributed by atoms with Crippen LogP contribution in [0.15, 0.2) is 16.8 Å². The zero-order valence-corrected chi connectivity index (χ0v) is 7.56. The van der Waals surface area contributed by atoms with Gasteiger partial charge in [-0.1, -0.05) is 0 Å². The molecule has 1 saturated heterocycles. The fourth-order valence-electron chi connectivity index (χ4n) is 1.51. The van der Waals surface area contributed by atoms with Crippen LogP contribution in [0.4, 0.5) is 0 Å². The first-order valence-corrected chi connectivity index (χ1v) is 5.12. The fourth-order valence-corrected chi connectivity index (χ4v) is 2.16. The molecular formula is C9H11NOS. The van der Waals surface area contributed by atoms with Crippen molar-refractivity contribution in [3.8, 4) is 0 Å². The van der Waals surface area contributed by atoms with Gasteiger partial charge in [0.2, 0.25) is 0 Å². The van der Waals surface area contributed by atoms with E-state index < -0.39 is 0 Å². The van der Waals surface area contributed by atoms with Gasteiger partial charge in [-0.05, 0) is 30.8 Å². The predicted molar refractivity (Wildman–Crippen MR) is 49.7 cm³/mol. The van der Waals surface area contributed by atoms with Crippen LogP contribution in [0.3, 0.4) is 0 Å². The molecule has 0 spiro atoms. The van der Waals surface area contributed by atoms with Gasteiger partial charge in [-0.3, -0.25) is 4.79 Å². The molecule has 1 aromatic heterocycles. The van der Waals surface area contributed by atoms with E-state index in [1.54, 1.807) is 11.3 Å². The molecule has 0 aromatic carbocycles. The summed E-state index contributed by atoms with van der Waals surface area (Å²) in [5.41, 5.74) is 0.861. The van der Waals surface area contributed by atoms with Crippen molar-refractivity contribution in [3.63, 3.8) is 0 Å². The van der Waals surface area contributed by atoms with E-state index in [1.807, 2.05) is 16.8 Å². The number of hydrogen-bond acceptors (Lipinski definition) is 3. The van der Waals surface area contributed by atoms with E-state index >= 15 is 0 Å². The summed E-state index contributed by atoms with van der Waals surface area (Å²) >= 11 is 1.58. The van der Waals surface area contributed by atoms with Crippen LogP contribution in [-0.2, 0) is 0 Å². The third-order valence-electron chi connectivity index (χ3n) is 2.18. The Morgan fingerprint density at radius 3 is 3.17 bits per heavy atom. The molecule has 64 valence electrons. The lowest BCUT2D eigenvalue weighted by atomic mass is 10.1. The molecule has 0 saturated carbocycles. The molecule has 1 aliphatic rings. The van der Waals surface area contributed by atoms with Crippen LogP contribution < -0.4 is 5.32 Å². The first kappa shape index (κ1) is 7.95. The average Bonchev–Trinajstić information content (AvgIpc) is 2.77. The van der Waals surface area contributed by atoms with E-state index in [1.165, 1.54) is 0 Å². The van der Waals surface area contributed by atoms with Crippen molar-refractivity contribution < 1.29 is 4.79 Å². The summed E-state index contributed by atoms with van der Waals surface area (Å²) in [5.74, 6) is 0.258. The molecule has 1 N–H and O–H groups in total. The van der Waals surface area contributed by atoms with Gasteiger partial charge in [0.15, 0.2) is 5.78 Å². The van der Waals surface area contributed by atoms with Crippen LogP contribution in [0.25, 0.3) is 0 Å². The maximum atomic E-state index is 11.7. The fraction of sp³-hybridized carbons (Fsp3) is 0.444. The van der Waals surface area contributed by atoms with Crippen LogP contribution in [0.5, 0.6) is 0 Å². The lowest BCUT2D eigenvalue weighted by molar-refractivity contribution is 0.0953. The Hall–Kier alpha value is -0.670. The predicted octanol–water partition coefficient (Wildman–Crippen LogP) is 1.68. The highest BCUT2D eigenvalue weighted by molar-refractivity contribution is 7.08. The molecule has 3 heteroatoms. The van der Waals surface area contributed by atoms with Gasteiger partial charge in [0.1, 0.15) is 0 Å². The molecular weight excluding hydrogens is 170 g/mol. The van der Waals surface area contributed by atoms with Crippen molar-refractivity contribution in [1.82, 2.24) is 5.32 Å². The van der Waals surface area contributed by atoms with Crippen LogP contribution in [-0.4, -0.2) is 18.4 Å². The number of nitrogens with one attached hydrogen (secondary N) is 1. The van der Waals surface area contributed by atoms with Gasteiger partial charge in [-0.2, -0.15) is 11.3 Å². The normalized spacial score (nSPS) is 22.8. The number of carbonyl (C=O) groups excluding carboxylic acids is 1. The molecule has 1 aromatic rings. The van der Waals surface area contributed by atoms with Crippen molar-refractivity contribution in [2.75, 3.05) is 6.54 Å². The van der Waals surface area contributed by atoms with Gasteiger partial charge in [-0.25, -0.2) is 0 Å². The molecule has 0 amide bonds. The number of ketones is 1. The summed E-state index contributed by atoms with van der Waals surface area (Å²) in [5, 5.41) is 7.07. The SMILES string of the molecule is O=C(c1ccsc1)C1CCCN1. The maximum absolute atomic E-state index is 11.7. The molecule has 2 rings (SSSR count). The summed E-state index contributed by atoms with van der Waals surface area (Å²) in [6, 6.07) is 1.98. The van der Waals surface area contributed by atoms with E-state index in [0.29, 0.717) is 0 Å². The zero-order valence-electron chi connectivity index (χ0n) is 6.75. The molecule has 1 atom stereocenters. The molecule has 0 aliphatic carbocycles. The second kappa shape index (κ2) is 3.37. The Kier molecular flexibility index (Phi) is 2.23. The molecule has 0 radical (unpaired) electrons. The summed E-state index contributed by atoms with van der Waals surface area (Å²) in [7, 11) is 0. The Balaban J connectivity index is 2.09. The van der Waals surface area contributed by atoms with Gasteiger partial charge in [0, 0.05) is 10.9 Å². The minimum atomic E-state index is 0.0830. The standard InChI is InChI=1S/C9H11NOS/c11-9(7-3-5-12-6-7)8-2-1-4-10-8/h3,5-6,8,10H,1-2,4H2. The quantitative estimate of drug-likeness (QED) is 0.703. The second-order valence-electron chi connectivity index (χ2n) is 3.03. The largest absolute Gasteiger partial charge is 0.307 e. The van der Waals surface area contributed by atoms with Gasteiger partial charge in [0.05, 0.1) is 6.04 Å². The van der Waals surface area contributed by atoms with Crippen LogP contribution in [0.2, 0.25) is 0 Å². The second-order valence-corrected chi connectivity index (χ2v) is 3.81. The zero-order chi connectivity index (χ0) is 8.39. The van der Waals surface area contributed by atoms with E-state index in [-0.39, 0.29) is 11.8 Å².